The molecule has 0 saturated heterocycles. The number of hydrogen-bond donors (Lipinski definition) is 1. The fourth-order valence-electron chi connectivity index (χ4n) is 2.91. The SMILES string of the molecule is Cc1c(-c2cccc(F)c2)cnc(CC(=O)O)c1-c1cccc(F)c1. The highest BCUT2D eigenvalue weighted by Gasteiger charge is 2.17. The van der Waals surface area contributed by atoms with Crippen LogP contribution in [0.4, 0.5) is 8.78 Å². The van der Waals surface area contributed by atoms with Crippen LogP contribution in [0.1, 0.15) is 11.3 Å². The maximum Gasteiger partial charge on any atom is 0.309 e. The van der Waals surface area contributed by atoms with Gasteiger partial charge in [-0.3, -0.25) is 9.78 Å². The zero-order valence-corrected chi connectivity index (χ0v) is 13.5. The fraction of sp³-hybridized carbons (Fsp3) is 0.100. The van der Waals surface area contributed by atoms with Gasteiger partial charge in [0.1, 0.15) is 11.6 Å². The predicted octanol–water partition coefficient (Wildman–Crippen LogP) is 4.63. The Bertz CT molecular complexity index is 954. The van der Waals surface area contributed by atoms with Crippen LogP contribution in [0.2, 0.25) is 0 Å². The van der Waals surface area contributed by atoms with Gasteiger partial charge in [-0.05, 0) is 47.9 Å². The number of halogens is 2. The third-order valence-electron chi connectivity index (χ3n) is 3.98. The van der Waals surface area contributed by atoms with E-state index in [9.17, 15) is 13.6 Å². The summed E-state index contributed by atoms with van der Waals surface area (Å²) in [6.45, 7) is 1.80. The van der Waals surface area contributed by atoms with Crippen LogP contribution in [0.25, 0.3) is 22.3 Å². The van der Waals surface area contributed by atoms with Gasteiger partial charge in [0.05, 0.1) is 12.1 Å². The third-order valence-corrected chi connectivity index (χ3v) is 3.98. The van der Waals surface area contributed by atoms with Crippen LogP contribution in [0.5, 0.6) is 0 Å². The molecule has 25 heavy (non-hydrogen) atoms. The number of carbonyl (C=O) groups is 1. The van der Waals surface area contributed by atoms with Gasteiger partial charge in [0, 0.05) is 17.3 Å². The molecule has 0 amide bonds. The smallest absolute Gasteiger partial charge is 0.309 e. The molecule has 1 N–H and O–H groups in total. The van der Waals surface area contributed by atoms with Gasteiger partial charge in [0.15, 0.2) is 0 Å². The van der Waals surface area contributed by atoms with Crippen molar-refractivity contribution < 1.29 is 18.7 Å². The maximum absolute atomic E-state index is 13.7. The monoisotopic (exact) mass is 339 g/mol. The van der Waals surface area contributed by atoms with E-state index in [-0.39, 0.29) is 12.2 Å². The van der Waals surface area contributed by atoms with E-state index in [1.165, 1.54) is 30.5 Å². The number of hydrogen-bond acceptors (Lipinski definition) is 2. The summed E-state index contributed by atoms with van der Waals surface area (Å²) in [5.41, 5.74) is 3.47. The van der Waals surface area contributed by atoms with Gasteiger partial charge in [0.25, 0.3) is 0 Å². The van der Waals surface area contributed by atoms with Gasteiger partial charge in [-0.15, -0.1) is 0 Å². The number of pyridine rings is 1. The lowest BCUT2D eigenvalue weighted by Crippen LogP contribution is -2.06. The second-order valence-corrected chi connectivity index (χ2v) is 5.71. The number of benzene rings is 2. The molecule has 3 rings (SSSR count). The highest BCUT2D eigenvalue weighted by Crippen LogP contribution is 2.34. The minimum Gasteiger partial charge on any atom is -0.481 e. The summed E-state index contributed by atoms with van der Waals surface area (Å²) in [7, 11) is 0. The molecular formula is C20H15F2NO2. The van der Waals surface area contributed by atoms with Crippen LogP contribution in [0.3, 0.4) is 0 Å². The van der Waals surface area contributed by atoms with Gasteiger partial charge >= 0.3 is 5.97 Å². The Morgan fingerprint density at radius 2 is 1.64 bits per heavy atom. The molecule has 0 saturated carbocycles. The lowest BCUT2D eigenvalue weighted by atomic mass is 9.92. The van der Waals surface area contributed by atoms with Crippen LogP contribution < -0.4 is 0 Å². The molecule has 0 aliphatic rings. The number of rotatable bonds is 4. The molecular weight excluding hydrogens is 324 g/mol. The molecule has 3 nitrogen and oxygen atoms in total. The summed E-state index contributed by atoms with van der Waals surface area (Å²) in [5.74, 6) is -1.82. The topological polar surface area (TPSA) is 50.2 Å². The fourth-order valence-corrected chi connectivity index (χ4v) is 2.91. The molecule has 0 spiro atoms. The third kappa shape index (κ3) is 3.55. The second kappa shape index (κ2) is 6.81. The van der Waals surface area contributed by atoms with Crippen molar-refractivity contribution in [1.82, 2.24) is 4.98 Å². The Balaban J connectivity index is 2.25. The van der Waals surface area contributed by atoms with E-state index in [2.05, 4.69) is 4.98 Å². The molecule has 0 radical (unpaired) electrons. The summed E-state index contributed by atoms with van der Waals surface area (Å²) in [5, 5.41) is 9.14. The zero-order valence-electron chi connectivity index (χ0n) is 13.5. The van der Waals surface area contributed by atoms with Gasteiger partial charge in [-0.1, -0.05) is 24.3 Å². The van der Waals surface area contributed by atoms with E-state index >= 15 is 0 Å². The van der Waals surface area contributed by atoms with E-state index in [0.29, 0.717) is 27.9 Å². The van der Waals surface area contributed by atoms with Crippen molar-refractivity contribution >= 4 is 5.97 Å². The normalized spacial score (nSPS) is 10.7. The van der Waals surface area contributed by atoms with Crippen LogP contribution >= 0.6 is 0 Å². The van der Waals surface area contributed by atoms with Gasteiger partial charge in [-0.2, -0.15) is 0 Å². The minimum absolute atomic E-state index is 0.282. The van der Waals surface area contributed by atoms with Gasteiger partial charge in [0.2, 0.25) is 0 Å². The summed E-state index contributed by atoms with van der Waals surface area (Å²) in [6, 6.07) is 12.0. The molecule has 0 atom stereocenters. The summed E-state index contributed by atoms with van der Waals surface area (Å²) >= 11 is 0. The number of nitrogens with zero attached hydrogens (tertiary/aromatic N) is 1. The average molecular weight is 339 g/mol. The summed E-state index contributed by atoms with van der Waals surface area (Å²) in [6.07, 6.45) is 1.25. The molecule has 1 aromatic heterocycles. The van der Waals surface area contributed by atoms with Gasteiger partial charge < -0.3 is 5.11 Å². The highest BCUT2D eigenvalue weighted by atomic mass is 19.1. The Labute approximate surface area is 143 Å². The highest BCUT2D eigenvalue weighted by molar-refractivity contribution is 5.82. The zero-order chi connectivity index (χ0) is 18.0. The van der Waals surface area contributed by atoms with Crippen LogP contribution in [0, 0.1) is 18.6 Å². The first kappa shape index (κ1) is 16.8. The first-order chi connectivity index (χ1) is 12.0. The molecule has 0 fully saturated rings. The number of aliphatic carboxylic acids is 1. The van der Waals surface area contributed by atoms with Crippen molar-refractivity contribution in [1.29, 1.82) is 0 Å². The van der Waals surface area contributed by atoms with Crippen molar-refractivity contribution in [2.45, 2.75) is 13.3 Å². The Kier molecular flexibility index (Phi) is 4.57. The van der Waals surface area contributed by atoms with Crippen molar-refractivity contribution in [3.05, 3.63) is 77.6 Å². The first-order valence-electron chi connectivity index (χ1n) is 7.68. The standard InChI is InChI=1S/C20H15F2NO2/c1-12-17(13-4-2-6-15(21)8-13)11-23-18(10-19(24)25)20(12)14-5-3-7-16(22)9-14/h2-9,11H,10H2,1H3,(H,24,25). The van der Waals surface area contributed by atoms with Crippen molar-refractivity contribution in [3.8, 4) is 22.3 Å². The lowest BCUT2D eigenvalue weighted by Gasteiger charge is -2.15. The molecule has 0 aliphatic heterocycles. The second-order valence-electron chi connectivity index (χ2n) is 5.71. The molecule has 5 heteroatoms. The molecule has 1 heterocycles. The number of aromatic nitrogens is 1. The van der Waals surface area contributed by atoms with Crippen molar-refractivity contribution in [2.75, 3.05) is 0 Å². The van der Waals surface area contributed by atoms with E-state index in [1.54, 1.807) is 31.2 Å². The largest absolute Gasteiger partial charge is 0.481 e. The van der Waals surface area contributed by atoms with E-state index < -0.39 is 11.8 Å². The first-order valence-corrected chi connectivity index (χ1v) is 7.68. The van der Waals surface area contributed by atoms with Gasteiger partial charge in [-0.25, -0.2) is 8.78 Å². The van der Waals surface area contributed by atoms with E-state index in [0.717, 1.165) is 5.56 Å². The quantitative estimate of drug-likeness (QED) is 0.754. The van der Waals surface area contributed by atoms with Crippen molar-refractivity contribution in [3.63, 3.8) is 0 Å². The van der Waals surface area contributed by atoms with Crippen LogP contribution in [-0.4, -0.2) is 16.1 Å². The molecule has 0 unspecified atom stereocenters. The molecule has 3 aromatic rings. The summed E-state index contributed by atoms with van der Waals surface area (Å²) < 4.78 is 27.2. The number of carboxylic acid groups (broad SMARTS) is 1. The lowest BCUT2D eigenvalue weighted by molar-refractivity contribution is -0.136. The van der Waals surface area contributed by atoms with Crippen LogP contribution in [-0.2, 0) is 11.2 Å². The number of carboxylic acids is 1. The average Bonchev–Trinajstić information content (AvgIpc) is 2.54. The van der Waals surface area contributed by atoms with Crippen molar-refractivity contribution in [2.24, 2.45) is 0 Å². The molecule has 126 valence electrons. The Morgan fingerprint density at radius 1 is 1.04 bits per heavy atom. The minimum atomic E-state index is -1.02. The summed E-state index contributed by atoms with van der Waals surface area (Å²) in [4.78, 5) is 15.4. The molecule has 0 bridgehead atoms. The van der Waals surface area contributed by atoms with E-state index in [1.807, 2.05) is 0 Å². The Morgan fingerprint density at radius 3 is 2.24 bits per heavy atom. The van der Waals surface area contributed by atoms with E-state index in [4.69, 9.17) is 5.11 Å². The molecule has 2 aromatic carbocycles. The molecule has 0 aliphatic carbocycles. The van der Waals surface area contributed by atoms with Crippen LogP contribution in [0.15, 0.2) is 54.7 Å². The Hall–Kier alpha value is -3.08. The maximum atomic E-state index is 13.7. The predicted molar refractivity (Wildman–Crippen MR) is 91.1 cm³/mol.